The Balaban J connectivity index is 0.000000276. The summed E-state index contributed by atoms with van der Waals surface area (Å²) >= 11 is 0. The largest absolute Gasteiger partial charge is 0.394 e. The molecule has 10 rings (SSSR count). The number of ether oxygens (including phenoxy) is 9. The lowest BCUT2D eigenvalue weighted by molar-refractivity contribution is -0.190. The van der Waals surface area contributed by atoms with Gasteiger partial charge in [-0.05, 0) is 58.3 Å². The van der Waals surface area contributed by atoms with E-state index in [1.54, 1.807) is 0 Å². The van der Waals surface area contributed by atoms with Crippen molar-refractivity contribution in [3.63, 3.8) is 0 Å². The normalized spacial score (nSPS) is 41.3. The van der Waals surface area contributed by atoms with Gasteiger partial charge in [-0.2, -0.15) is 0 Å². The third kappa shape index (κ3) is 16.1. The van der Waals surface area contributed by atoms with Crippen molar-refractivity contribution < 1.29 is 58.0 Å². The molecular formula is C64H106N4O12. The molecule has 16 nitrogen and oxygen atoms in total. The average Bonchev–Trinajstić information content (AvgIpc) is 4.19. The molecule has 16 heteroatoms. The highest BCUT2D eigenvalue weighted by molar-refractivity contribution is 5.20. The summed E-state index contributed by atoms with van der Waals surface area (Å²) in [6.07, 6.45) is 22.5. The van der Waals surface area contributed by atoms with Crippen molar-refractivity contribution in [2.75, 3.05) is 19.8 Å². The highest BCUT2D eigenvalue weighted by Gasteiger charge is 2.59. The third-order valence-electron chi connectivity index (χ3n) is 18.2. The lowest BCUT2D eigenvalue weighted by atomic mass is 9.80. The van der Waals surface area contributed by atoms with Crippen LogP contribution < -0.4 is 0 Å². The highest BCUT2D eigenvalue weighted by atomic mass is 16.6. The summed E-state index contributed by atoms with van der Waals surface area (Å²) in [7, 11) is 0. The standard InChI is InChI=1S/C17H25NO2.C15H21NO2.C14H23NO5.C14H21NO3.4CH4/c1-6-12(3)15-11-17(7-2)16(19-15)9-8-14(20-17)10-13(4)18-5;1-10-6-7-15-9-13(10)17-14(15)5-4-12(18-15)8-11(2)16-3;1-9(15-2)5-10-3-4-13-14(8-17,20-10)6-12(19-13)11(18)7-16;1-9(15-3)6-11-4-5-13-14(18-11)7-12(17-13)10(2)16-8-14;;;;/h6-7,12-16H,1-2,8-11H2,3-4H3;6-7,10-14H,4-5,8-9H2,1-2H3;9-13,16-18H,3-8H2,1H3;9-13H,4-8H2,1-2H3;4*1H4/t12-,13-,14-,15-,16+,17+;10-,11-,12-,13-,14+,15+;9-,10-,11-,12-,13+,14-;9-,10+,11-,12-,13+,14-;;;;/m1111..../s1. The molecule has 0 saturated carbocycles. The molecule has 0 amide bonds. The van der Waals surface area contributed by atoms with Crippen LogP contribution in [0.3, 0.4) is 0 Å². The van der Waals surface area contributed by atoms with Gasteiger partial charge in [-0.3, -0.25) is 0 Å². The summed E-state index contributed by atoms with van der Waals surface area (Å²) in [5.74, 6) is 0.826. The second kappa shape index (κ2) is 31.0. The van der Waals surface area contributed by atoms with Crippen LogP contribution in [-0.2, 0) is 42.6 Å². The van der Waals surface area contributed by atoms with Crippen LogP contribution in [0.25, 0.3) is 19.4 Å². The van der Waals surface area contributed by atoms with E-state index in [1.807, 2.05) is 39.8 Å². The van der Waals surface area contributed by atoms with Gasteiger partial charge in [0, 0.05) is 90.9 Å². The fraction of sp³-hybridized carbons (Fsp3) is 0.844. The summed E-state index contributed by atoms with van der Waals surface area (Å²) < 4.78 is 54.9. The number of hydrogen-bond donors (Lipinski definition) is 3. The lowest BCUT2D eigenvalue weighted by Crippen LogP contribution is -2.53. The van der Waals surface area contributed by atoms with Crippen LogP contribution >= 0.6 is 0 Å². The molecule has 9 saturated heterocycles. The van der Waals surface area contributed by atoms with Crippen molar-refractivity contribution in [3.05, 3.63) is 83.1 Å². The van der Waals surface area contributed by atoms with E-state index in [0.717, 1.165) is 89.9 Å². The molecular weight excluding hydrogens is 1020 g/mol. The Morgan fingerprint density at radius 3 is 1.62 bits per heavy atom. The first kappa shape index (κ1) is 71.0. The first-order valence-corrected chi connectivity index (χ1v) is 28.6. The Labute approximate surface area is 483 Å². The fourth-order valence-corrected chi connectivity index (χ4v) is 13.5. The predicted molar refractivity (Wildman–Crippen MR) is 314 cm³/mol. The van der Waals surface area contributed by atoms with E-state index in [1.165, 1.54) is 0 Å². The molecule has 0 aromatic heterocycles. The van der Waals surface area contributed by atoms with E-state index in [2.05, 4.69) is 65.5 Å². The number of aliphatic hydroxyl groups is 3. The number of aliphatic hydroxyl groups excluding tert-OH is 3. The summed E-state index contributed by atoms with van der Waals surface area (Å²) in [6.45, 7) is 50.4. The van der Waals surface area contributed by atoms with E-state index in [-0.39, 0.29) is 151 Å². The molecule has 9 heterocycles. The van der Waals surface area contributed by atoms with Crippen LogP contribution in [0.15, 0.2) is 37.5 Å². The van der Waals surface area contributed by atoms with Gasteiger partial charge in [0.2, 0.25) is 24.2 Å². The minimum Gasteiger partial charge on any atom is -0.394 e. The molecule has 9 aliphatic heterocycles. The van der Waals surface area contributed by atoms with Crippen molar-refractivity contribution in [3.8, 4) is 0 Å². The van der Waals surface area contributed by atoms with Crippen molar-refractivity contribution >= 4 is 0 Å². The SMILES string of the molecule is C.C.C.C.[C-]#[N+][C@H](C)C[C@H]1CC[C@@H]2O[C@@H]([C@H](C)C=C)C[C@]2(C=C)O1.[C-]#[N+][C@H](C)C[C@H]1CC[C@@H]2O[C@@H]([C@H](O)CO)C[C@]2(CO)O1.[C-]#[N+][C@H](C)C[C@H]1CC[C@@H]2O[C@@H]3C[C@]2(C=C[C@H]3C)O1.[C-]#[N+][C@H](C)C[C@H]1CC[C@@H]2O[C@@H]3C[C@]2(CO[C@H]3C)O1. The van der Waals surface area contributed by atoms with Crippen LogP contribution in [0.5, 0.6) is 0 Å². The Bertz CT molecular complexity index is 2140. The van der Waals surface area contributed by atoms with Crippen LogP contribution in [0.1, 0.15) is 181 Å². The van der Waals surface area contributed by atoms with Crippen molar-refractivity contribution in [2.45, 2.75) is 313 Å². The first-order valence-electron chi connectivity index (χ1n) is 28.6. The van der Waals surface area contributed by atoms with Gasteiger partial charge in [-0.25, -0.2) is 26.3 Å². The van der Waals surface area contributed by atoms with Gasteiger partial charge in [-0.1, -0.05) is 67.9 Å². The maximum absolute atomic E-state index is 9.72. The Morgan fingerprint density at radius 2 is 1.09 bits per heavy atom. The summed E-state index contributed by atoms with van der Waals surface area (Å²) in [4.78, 5) is 14.2. The molecule has 9 fully saturated rings. The molecule has 80 heavy (non-hydrogen) atoms. The Morgan fingerprint density at radius 1 is 0.588 bits per heavy atom. The number of rotatable bonds is 14. The van der Waals surface area contributed by atoms with Crippen LogP contribution in [0, 0.1) is 38.1 Å². The molecule has 0 unspecified atom stereocenters. The molecule has 4 bridgehead atoms. The quantitative estimate of drug-likeness (QED) is 0.112. The minimum absolute atomic E-state index is 0. The van der Waals surface area contributed by atoms with Gasteiger partial charge in [-0.15, -0.1) is 13.2 Å². The lowest BCUT2D eigenvalue weighted by Gasteiger charge is -2.43. The van der Waals surface area contributed by atoms with Gasteiger partial charge in [0.05, 0.1) is 99.2 Å². The first-order chi connectivity index (χ1) is 36.3. The number of hydrogen-bond acceptors (Lipinski definition) is 12. The molecule has 2 spiro atoms. The summed E-state index contributed by atoms with van der Waals surface area (Å²) in [5.41, 5.74) is -1.57. The van der Waals surface area contributed by atoms with E-state index in [9.17, 15) is 10.2 Å². The van der Waals surface area contributed by atoms with Gasteiger partial charge >= 0.3 is 0 Å². The molecule has 0 radical (unpaired) electrons. The average molecular weight is 1120 g/mol. The van der Waals surface area contributed by atoms with Crippen molar-refractivity contribution in [1.82, 2.24) is 0 Å². The smallest absolute Gasteiger partial charge is 0.223 e. The topological polar surface area (TPSA) is 161 Å². The molecule has 1 aliphatic carbocycles. The van der Waals surface area contributed by atoms with E-state index in [0.29, 0.717) is 37.4 Å². The summed E-state index contributed by atoms with van der Waals surface area (Å²) in [6, 6.07) is 0.0224. The van der Waals surface area contributed by atoms with Crippen LogP contribution in [0.2, 0.25) is 0 Å². The van der Waals surface area contributed by atoms with Gasteiger partial charge in [0.1, 0.15) is 28.5 Å². The second-order valence-electron chi connectivity index (χ2n) is 24.1. The number of nitrogens with zero attached hydrogens (tertiary/aromatic N) is 4. The van der Waals surface area contributed by atoms with Gasteiger partial charge in [0.25, 0.3) is 0 Å². The molecule has 0 aromatic carbocycles. The number of fused-ring (bicyclic) bond motifs is 4. The molecule has 10 aliphatic rings. The Hall–Kier alpha value is -3.30. The maximum Gasteiger partial charge on any atom is 0.223 e. The van der Waals surface area contributed by atoms with Crippen molar-refractivity contribution in [1.29, 1.82) is 0 Å². The zero-order chi connectivity index (χ0) is 55.0. The van der Waals surface area contributed by atoms with Crippen LogP contribution in [-0.4, -0.2) is 167 Å². The monoisotopic (exact) mass is 1120 g/mol. The molecule has 24 atom stereocenters. The highest BCUT2D eigenvalue weighted by Crippen LogP contribution is 2.50. The second-order valence-corrected chi connectivity index (χ2v) is 24.1. The maximum atomic E-state index is 9.72. The molecule has 454 valence electrons. The van der Waals surface area contributed by atoms with E-state index in [4.69, 9.17) is 74.0 Å². The predicted octanol–water partition coefficient (Wildman–Crippen LogP) is 11.6. The fourth-order valence-electron chi connectivity index (χ4n) is 13.5. The minimum atomic E-state index is -0.951. The zero-order valence-corrected chi connectivity index (χ0v) is 46.5. The van der Waals surface area contributed by atoms with Gasteiger partial charge in [0.15, 0.2) is 0 Å². The Kier molecular flexibility index (Phi) is 27.5. The zero-order valence-electron chi connectivity index (χ0n) is 46.5. The van der Waals surface area contributed by atoms with E-state index < -0.39 is 17.8 Å². The summed E-state index contributed by atoms with van der Waals surface area (Å²) in [5, 5.41) is 28.5. The third-order valence-corrected chi connectivity index (χ3v) is 18.2. The van der Waals surface area contributed by atoms with Gasteiger partial charge < -0.3 is 77.3 Å². The van der Waals surface area contributed by atoms with Crippen molar-refractivity contribution in [2.24, 2.45) is 11.8 Å². The molecule has 3 N–H and O–H groups in total. The molecule has 0 aromatic rings. The van der Waals surface area contributed by atoms with Crippen LogP contribution in [0.4, 0.5) is 0 Å². The van der Waals surface area contributed by atoms with E-state index >= 15 is 0 Å².